The van der Waals surface area contributed by atoms with Gasteiger partial charge < -0.3 is 20.1 Å². The van der Waals surface area contributed by atoms with Crippen LogP contribution in [0.2, 0.25) is 0 Å². The van der Waals surface area contributed by atoms with Gasteiger partial charge in [-0.3, -0.25) is 0 Å². The van der Waals surface area contributed by atoms with Crippen LogP contribution in [0.3, 0.4) is 0 Å². The van der Waals surface area contributed by atoms with Gasteiger partial charge in [-0.05, 0) is 49.7 Å². The summed E-state index contributed by atoms with van der Waals surface area (Å²) in [4.78, 5) is 2.01. The van der Waals surface area contributed by atoms with Crippen LogP contribution in [0.25, 0.3) is 11.3 Å². The number of aromatic nitrogens is 2. The van der Waals surface area contributed by atoms with Gasteiger partial charge in [0, 0.05) is 43.1 Å². The van der Waals surface area contributed by atoms with E-state index in [2.05, 4.69) is 15.5 Å². The van der Waals surface area contributed by atoms with E-state index >= 15 is 0 Å². The van der Waals surface area contributed by atoms with E-state index < -0.39 is 6.17 Å². The summed E-state index contributed by atoms with van der Waals surface area (Å²) in [7, 11) is 1.94. The van der Waals surface area contributed by atoms with Gasteiger partial charge in [0.2, 0.25) is 0 Å². The number of hydrogen-bond acceptors (Lipinski definition) is 6. The van der Waals surface area contributed by atoms with Gasteiger partial charge in [0.15, 0.2) is 5.82 Å². The number of piperidine rings is 1. The highest BCUT2D eigenvalue weighted by Crippen LogP contribution is 2.46. The Balaban J connectivity index is 1.53. The number of hydrogen-bond donors (Lipinski definition) is 2. The van der Waals surface area contributed by atoms with Crippen molar-refractivity contribution in [3.63, 3.8) is 0 Å². The fraction of sp³-hybridized carbons (Fsp3) is 0.524. The number of halogens is 1. The molecule has 0 radical (unpaired) electrons. The molecule has 2 bridgehead atoms. The Bertz CT molecular complexity index is 865. The van der Waals surface area contributed by atoms with Crippen molar-refractivity contribution >= 4 is 5.82 Å². The van der Waals surface area contributed by atoms with E-state index in [1.165, 1.54) is 5.56 Å². The minimum atomic E-state index is -0.830. The van der Waals surface area contributed by atoms with E-state index in [1.807, 2.05) is 24.1 Å². The molecule has 3 aliphatic heterocycles. The molecule has 0 spiro atoms. The standard InChI is InChI=1S/C21H25FN4O2/c1-26-10-13(22)8-14(11-26)23-21-19-17(9-16-6-7-18(19)28-16)20(24-25-21)12-2-4-15(27)5-3-12/h2-5,13-14,16,18,27H,6-11H2,1H3,(H,23,25)/t13-,14-,16+,18-/m1/s1. The number of benzene rings is 1. The molecule has 1 aromatic heterocycles. The van der Waals surface area contributed by atoms with Gasteiger partial charge in [-0.15, -0.1) is 10.2 Å². The summed E-state index contributed by atoms with van der Waals surface area (Å²) >= 11 is 0. The third kappa shape index (κ3) is 3.22. The van der Waals surface area contributed by atoms with E-state index in [1.54, 1.807) is 12.1 Å². The molecule has 2 N–H and O–H groups in total. The molecule has 2 aromatic rings. The van der Waals surface area contributed by atoms with Gasteiger partial charge >= 0.3 is 0 Å². The van der Waals surface area contributed by atoms with Crippen molar-refractivity contribution in [2.24, 2.45) is 0 Å². The van der Waals surface area contributed by atoms with Crippen LogP contribution in [-0.4, -0.2) is 58.7 Å². The largest absolute Gasteiger partial charge is 0.508 e. The summed E-state index contributed by atoms with van der Waals surface area (Å²) in [6, 6.07) is 7.08. The fourth-order valence-corrected chi connectivity index (χ4v) is 4.84. The number of rotatable bonds is 3. The second kappa shape index (κ2) is 6.97. The number of fused-ring (bicyclic) bond motifs is 4. The number of likely N-dealkylation sites (N-methyl/N-ethyl adjacent to an activating group) is 1. The highest BCUT2D eigenvalue weighted by atomic mass is 19.1. The van der Waals surface area contributed by atoms with Crippen molar-refractivity contribution in [2.45, 2.75) is 50.1 Å². The predicted octanol–water partition coefficient (Wildman–Crippen LogP) is 3.08. The summed E-state index contributed by atoms with van der Waals surface area (Å²) in [5.41, 5.74) is 4.04. The number of anilines is 1. The number of ether oxygens (including phenoxy) is 1. The Morgan fingerprint density at radius 2 is 2.00 bits per heavy atom. The second-order valence-electron chi connectivity index (χ2n) is 8.26. The van der Waals surface area contributed by atoms with Crippen LogP contribution in [0.15, 0.2) is 24.3 Å². The lowest BCUT2D eigenvalue weighted by molar-refractivity contribution is 0.0325. The lowest BCUT2D eigenvalue weighted by atomic mass is 9.94. The molecular formula is C21H25FN4O2. The zero-order valence-corrected chi connectivity index (χ0v) is 15.9. The fourth-order valence-electron chi connectivity index (χ4n) is 4.84. The summed E-state index contributed by atoms with van der Waals surface area (Å²) in [6.45, 7) is 1.26. The summed E-state index contributed by atoms with van der Waals surface area (Å²) < 4.78 is 20.2. The first kappa shape index (κ1) is 17.8. The molecule has 0 unspecified atom stereocenters. The zero-order chi connectivity index (χ0) is 19.3. The number of likely N-dealkylation sites (tertiary alicyclic amines) is 1. The molecule has 0 amide bonds. The maximum atomic E-state index is 14.0. The van der Waals surface area contributed by atoms with Crippen LogP contribution >= 0.6 is 0 Å². The maximum absolute atomic E-state index is 14.0. The first-order chi connectivity index (χ1) is 13.6. The Hall–Kier alpha value is -2.25. The molecule has 4 heterocycles. The van der Waals surface area contributed by atoms with E-state index in [9.17, 15) is 9.50 Å². The molecule has 148 valence electrons. The highest BCUT2D eigenvalue weighted by molar-refractivity contribution is 5.69. The Morgan fingerprint density at radius 1 is 1.18 bits per heavy atom. The molecule has 3 aliphatic rings. The van der Waals surface area contributed by atoms with E-state index in [4.69, 9.17) is 4.74 Å². The van der Waals surface area contributed by atoms with E-state index in [0.29, 0.717) is 13.0 Å². The average Bonchev–Trinajstić information content (AvgIpc) is 3.03. The molecule has 2 fully saturated rings. The van der Waals surface area contributed by atoms with E-state index in [-0.39, 0.29) is 24.0 Å². The van der Waals surface area contributed by atoms with Crippen molar-refractivity contribution in [1.29, 1.82) is 0 Å². The molecule has 0 saturated carbocycles. The van der Waals surface area contributed by atoms with Gasteiger partial charge in [-0.1, -0.05) is 0 Å². The van der Waals surface area contributed by atoms with Gasteiger partial charge in [0.1, 0.15) is 11.9 Å². The molecule has 6 nitrogen and oxygen atoms in total. The SMILES string of the molecule is CN1C[C@H](F)C[C@@H](Nc2nnc(-c3ccc(O)cc3)c3c2[C@H]2CC[C@@H](C3)O2)C1. The quantitative estimate of drug-likeness (QED) is 0.848. The van der Waals surface area contributed by atoms with Crippen molar-refractivity contribution in [3.05, 3.63) is 35.4 Å². The molecule has 0 aliphatic carbocycles. The maximum Gasteiger partial charge on any atom is 0.155 e. The number of nitrogens with zero attached hydrogens (tertiary/aromatic N) is 3. The topological polar surface area (TPSA) is 70.5 Å². The lowest BCUT2D eigenvalue weighted by Crippen LogP contribution is -2.45. The number of phenolic OH excluding ortho intramolecular Hbond substituents is 1. The van der Waals surface area contributed by atoms with Gasteiger partial charge in [-0.25, -0.2) is 4.39 Å². The Labute approximate surface area is 163 Å². The van der Waals surface area contributed by atoms with Crippen molar-refractivity contribution in [3.8, 4) is 17.0 Å². The van der Waals surface area contributed by atoms with Crippen LogP contribution in [0.1, 0.15) is 36.5 Å². The number of alkyl halides is 1. The van der Waals surface area contributed by atoms with Gasteiger partial charge in [0.25, 0.3) is 0 Å². The molecule has 5 rings (SSSR count). The second-order valence-corrected chi connectivity index (χ2v) is 8.26. The summed E-state index contributed by atoms with van der Waals surface area (Å²) in [6.07, 6.45) is 2.71. The zero-order valence-electron chi connectivity index (χ0n) is 15.9. The minimum absolute atomic E-state index is 0.00537. The number of nitrogens with one attached hydrogen (secondary N) is 1. The molecule has 7 heteroatoms. The lowest BCUT2D eigenvalue weighted by Gasteiger charge is -2.34. The average molecular weight is 384 g/mol. The summed E-state index contributed by atoms with van der Waals surface area (Å²) in [5.74, 6) is 0.963. The van der Waals surface area contributed by atoms with Crippen molar-refractivity contribution in [1.82, 2.24) is 15.1 Å². The van der Waals surface area contributed by atoms with Crippen LogP contribution in [-0.2, 0) is 11.2 Å². The van der Waals surface area contributed by atoms with Crippen LogP contribution in [0.5, 0.6) is 5.75 Å². The first-order valence-corrected chi connectivity index (χ1v) is 10.0. The smallest absolute Gasteiger partial charge is 0.155 e. The normalized spacial score (nSPS) is 29.5. The molecule has 4 atom stereocenters. The van der Waals surface area contributed by atoms with Crippen LogP contribution < -0.4 is 5.32 Å². The number of phenols is 1. The third-order valence-electron chi connectivity index (χ3n) is 6.04. The Kier molecular flexibility index (Phi) is 4.44. The Morgan fingerprint density at radius 3 is 2.79 bits per heavy atom. The third-order valence-corrected chi connectivity index (χ3v) is 6.04. The van der Waals surface area contributed by atoms with Crippen LogP contribution in [0, 0.1) is 0 Å². The summed E-state index contributed by atoms with van der Waals surface area (Å²) in [5, 5.41) is 22.1. The minimum Gasteiger partial charge on any atom is -0.508 e. The molecule has 28 heavy (non-hydrogen) atoms. The van der Waals surface area contributed by atoms with E-state index in [0.717, 1.165) is 48.4 Å². The molecule has 2 saturated heterocycles. The van der Waals surface area contributed by atoms with Gasteiger partial charge in [-0.2, -0.15) is 0 Å². The van der Waals surface area contributed by atoms with Crippen LogP contribution in [0.4, 0.5) is 10.2 Å². The van der Waals surface area contributed by atoms with Crippen molar-refractivity contribution in [2.75, 3.05) is 25.5 Å². The first-order valence-electron chi connectivity index (χ1n) is 10.0. The van der Waals surface area contributed by atoms with Crippen molar-refractivity contribution < 1.29 is 14.2 Å². The highest BCUT2D eigenvalue weighted by Gasteiger charge is 2.38. The monoisotopic (exact) mass is 384 g/mol. The number of aromatic hydroxyl groups is 1. The predicted molar refractivity (Wildman–Crippen MR) is 104 cm³/mol. The van der Waals surface area contributed by atoms with Gasteiger partial charge in [0.05, 0.1) is 17.9 Å². The molecular weight excluding hydrogens is 359 g/mol. The molecule has 1 aromatic carbocycles.